The highest BCUT2D eigenvalue weighted by molar-refractivity contribution is 8.18. The van der Waals surface area contributed by atoms with Crippen molar-refractivity contribution in [1.82, 2.24) is 4.90 Å². The fourth-order valence-corrected chi connectivity index (χ4v) is 4.37. The fraction of sp³-hybridized carbons (Fsp3) is 0.320. The van der Waals surface area contributed by atoms with E-state index >= 15 is 0 Å². The number of rotatable bonds is 10. The van der Waals surface area contributed by atoms with Gasteiger partial charge in [-0.25, -0.2) is 9.79 Å². The van der Waals surface area contributed by atoms with Crippen LogP contribution in [0.15, 0.2) is 52.4 Å². The molecule has 0 radical (unpaired) electrons. The number of aromatic carboxylic acids is 1. The van der Waals surface area contributed by atoms with Crippen LogP contribution in [-0.4, -0.2) is 47.3 Å². The van der Waals surface area contributed by atoms with Crippen LogP contribution in [-0.2, 0) is 4.79 Å². The zero-order chi connectivity index (χ0) is 23.8. The van der Waals surface area contributed by atoms with Gasteiger partial charge in [0.25, 0.3) is 5.91 Å². The number of carboxylic acid groups (broad SMARTS) is 1. The number of carbonyl (C=O) groups is 2. The third-order valence-corrected chi connectivity index (χ3v) is 6.04. The molecule has 0 bridgehead atoms. The topological polar surface area (TPSA) is 88.4 Å². The van der Waals surface area contributed by atoms with Crippen LogP contribution in [0, 0.1) is 0 Å². The predicted octanol–water partition coefficient (Wildman–Crippen LogP) is 5.59. The van der Waals surface area contributed by atoms with E-state index in [4.69, 9.17) is 9.47 Å². The SMILES string of the molecule is CCCCCOc1c(/C=C2/SC(=Nc3cccc(C(=O)O)c3)N(CC)C2=O)cccc1OC. The van der Waals surface area contributed by atoms with Crippen molar-refractivity contribution in [2.45, 2.75) is 33.1 Å². The Morgan fingerprint density at radius 3 is 2.67 bits per heavy atom. The molecule has 0 aromatic heterocycles. The van der Waals surface area contributed by atoms with Crippen LogP contribution < -0.4 is 9.47 Å². The number of unbranched alkanes of at least 4 members (excludes halogenated alkanes) is 2. The molecule has 7 nitrogen and oxygen atoms in total. The van der Waals surface area contributed by atoms with Gasteiger partial charge in [0.2, 0.25) is 0 Å². The quantitative estimate of drug-likeness (QED) is 0.361. The molecule has 0 atom stereocenters. The monoisotopic (exact) mass is 468 g/mol. The molecule has 8 heteroatoms. The van der Waals surface area contributed by atoms with Gasteiger partial charge in [-0.05, 0) is 55.4 Å². The van der Waals surface area contributed by atoms with E-state index < -0.39 is 5.97 Å². The van der Waals surface area contributed by atoms with Crippen molar-refractivity contribution in [1.29, 1.82) is 0 Å². The van der Waals surface area contributed by atoms with Crippen molar-refractivity contribution in [3.8, 4) is 11.5 Å². The number of para-hydroxylation sites is 1. The lowest BCUT2D eigenvalue weighted by molar-refractivity contribution is -0.122. The molecule has 0 saturated carbocycles. The van der Waals surface area contributed by atoms with Gasteiger partial charge in [0.1, 0.15) is 0 Å². The molecule has 2 aromatic carbocycles. The molecular weight excluding hydrogens is 440 g/mol. The fourth-order valence-electron chi connectivity index (χ4n) is 3.32. The van der Waals surface area contributed by atoms with E-state index in [1.165, 1.54) is 23.9 Å². The summed E-state index contributed by atoms with van der Waals surface area (Å²) in [6.07, 6.45) is 4.91. The Morgan fingerprint density at radius 2 is 1.97 bits per heavy atom. The van der Waals surface area contributed by atoms with Crippen molar-refractivity contribution in [3.63, 3.8) is 0 Å². The Bertz CT molecular complexity index is 1080. The van der Waals surface area contributed by atoms with E-state index in [9.17, 15) is 14.7 Å². The molecule has 1 aliphatic heterocycles. The summed E-state index contributed by atoms with van der Waals surface area (Å²) in [5.41, 5.74) is 1.38. The van der Waals surface area contributed by atoms with Crippen LogP contribution in [0.2, 0.25) is 0 Å². The van der Waals surface area contributed by atoms with E-state index in [0.717, 1.165) is 24.8 Å². The zero-order valence-electron chi connectivity index (χ0n) is 19.0. The largest absolute Gasteiger partial charge is 0.493 e. The first-order chi connectivity index (χ1) is 16.0. The maximum absolute atomic E-state index is 13.1. The highest BCUT2D eigenvalue weighted by atomic mass is 32.2. The summed E-state index contributed by atoms with van der Waals surface area (Å²) in [5.74, 6) is 0.0441. The lowest BCUT2D eigenvalue weighted by Crippen LogP contribution is -2.28. The number of nitrogens with zero attached hydrogens (tertiary/aromatic N) is 2. The summed E-state index contributed by atoms with van der Waals surface area (Å²) in [5, 5.41) is 9.73. The lowest BCUT2D eigenvalue weighted by atomic mass is 10.1. The normalized spacial score (nSPS) is 16.0. The molecule has 0 spiro atoms. The molecule has 1 aliphatic rings. The van der Waals surface area contributed by atoms with Crippen molar-refractivity contribution in [2.24, 2.45) is 4.99 Å². The van der Waals surface area contributed by atoms with Gasteiger partial charge >= 0.3 is 5.97 Å². The summed E-state index contributed by atoms with van der Waals surface area (Å²) in [6, 6.07) is 11.9. The summed E-state index contributed by atoms with van der Waals surface area (Å²) < 4.78 is 11.5. The van der Waals surface area contributed by atoms with Crippen LogP contribution in [0.3, 0.4) is 0 Å². The molecule has 2 aromatic rings. The van der Waals surface area contributed by atoms with Gasteiger partial charge < -0.3 is 14.6 Å². The highest BCUT2D eigenvalue weighted by Gasteiger charge is 2.32. The summed E-state index contributed by atoms with van der Waals surface area (Å²) in [7, 11) is 1.59. The van der Waals surface area contributed by atoms with E-state index in [2.05, 4.69) is 11.9 Å². The summed E-state index contributed by atoms with van der Waals surface area (Å²) in [6.45, 7) is 5.02. The van der Waals surface area contributed by atoms with Crippen LogP contribution in [0.25, 0.3) is 6.08 Å². The number of ether oxygens (including phenoxy) is 2. The third kappa shape index (κ3) is 5.96. The average molecular weight is 469 g/mol. The van der Waals surface area contributed by atoms with Gasteiger partial charge in [0.05, 0.1) is 29.9 Å². The number of carboxylic acids is 1. The maximum atomic E-state index is 13.1. The third-order valence-electron chi connectivity index (χ3n) is 5.03. The minimum atomic E-state index is -1.02. The number of thioether (sulfide) groups is 1. The average Bonchev–Trinajstić information content (AvgIpc) is 3.11. The van der Waals surface area contributed by atoms with Crippen LogP contribution >= 0.6 is 11.8 Å². The second-order valence-corrected chi connectivity index (χ2v) is 8.35. The van der Waals surface area contributed by atoms with Gasteiger partial charge in [-0.15, -0.1) is 0 Å². The Labute approximate surface area is 198 Å². The minimum Gasteiger partial charge on any atom is -0.493 e. The molecule has 1 amide bonds. The number of hydrogen-bond acceptors (Lipinski definition) is 6. The first-order valence-electron chi connectivity index (χ1n) is 10.9. The number of carbonyl (C=O) groups excluding carboxylic acids is 1. The predicted molar refractivity (Wildman–Crippen MR) is 131 cm³/mol. The molecule has 1 heterocycles. The van der Waals surface area contributed by atoms with Gasteiger partial charge in [-0.3, -0.25) is 9.69 Å². The van der Waals surface area contributed by atoms with E-state index in [0.29, 0.717) is 40.4 Å². The number of amidine groups is 1. The Kier molecular flexibility index (Phi) is 8.54. The van der Waals surface area contributed by atoms with Crippen LogP contribution in [0.1, 0.15) is 49.0 Å². The second-order valence-electron chi connectivity index (χ2n) is 7.34. The van der Waals surface area contributed by atoms with Gasteiger partial charge in [-0.2, -0.15) is 0 Å². The van der Waals surface area contributed by atoms with Crippen LogP contribution in [0.4, 0.5) is 5.69 Å². The van der Waals surface area contributed by atoms with Gasteiger partial charge in [-0.1, -0.05) is 38.0 Å². The van der Waals surface area contributed by atoms with Crippen molar-refractivity contribution < 1.29 is 24.2 Å². The second kappa shape index (κ2) is 11.6. The molecule has 1 saturated heterocycles. The van der Waals surface area contributed by atoms with Gasteiger partial charge in [0, 0.05) is 12.1 Å². The highest BCUT2D eigenvalue weighted by Crippen LogP contribution is 2.38. The molecule has 0 aliphatic carbocycles. The molecule has 174 valence electrons. The zero-order valence-corrected chi connectivity index (χ0v) is 19.9. The number of likely N-dealkylation sites (N-methyl/N-ethyl adjacent to an activating group) is 1. The number of methoxy groups -OCH3 is 1. The number of aliphatic imine (C=N–C) groups is 1. The van der Waals surface area contributed by atoms with Gasteiger partial charge in [0.15, 0.2) is 16.7 Å². The maximum Gasteiger partial charge on any atom is 0.335 e. The standard InChI is InChI=1S/C25H28N2O5S/c1-4-6-7-14-32-22-17(10-9-13-20(22)31-3)16-21-23(28)27(5-2)25(33-21)26-19-12-8-11-18(15-19)24(29)30/h8-13,15-16H,4-7,14H2,1-3H3,(H,29,30)/b21-16+,26-25?. The van der Waals surface area contributed by atoms with Crippen molar-refractivity contribution in [2.75, 3.05) is 20.3 Å². The number of amides is 1. The molecule has 3 rings (SSSR count). The van der Waals surface area contributed by atoms with Crippen molar-refractivity contribution in [3.05, 3.63) is 58.5 Å². The van der Waals surface area contributed by atoms with E-state index in [-0.39, 0.29) is 11.5 Å². The molecule has 0 unspecified atom stereocenters. The number of benzene rings is 2. The van der Waals surface area contributed by atoms with E-state index in [1.54, 1.807) is 30.2 Å². The molecule has 1 N–H and O–H groups in total. The Balaban J connectivity index is 1.92. The molecule has 33 heavy (non-hydrogen) atoms. The Morgan fingerprint density at radius 1 is 1.18 bits per heavy atom. The Hall–Kier alpha value is -3.26. The van der Waals surface area contributed by atoms with E-state index in [1.807, 2.05) is 25.1 Å². The van der Waals surface area contributed by atoms with Crippen LogP contribution in [0.5, 0.6) is 11.5 Å². The molecular formula is C25H28N2O5S. The molecule has 1 fully saturated rings. The van der Waals surface area contributed by atoms with Crippen molar-refractivity contribution >= 4 is 40.6 Å². The minimum absolute atomic E-state index is 0.145. The first kappa shape index (κ1) is 24.4. The summed E-state index contributed by atoms with van der Waals surface area (Å²) >= 11 is 1.25. The number of hydrogen-bond donors (Lipinski definition) is 1. The first-order valence-corrected chi connectivity index (χ1v) is 11.7. The smallest absolute Gasteiger partial charge is 0.335 e. The lowest BCUT2D eigenvalue weighted by Gasteiger charge is -2.14. The summed E-state index contributed by atoms with van der Waals surface area (Å²) in [4.78, 5) is 31.0.